The molecule has 0 spiro atoms. The molecule has 288 valence electrons. The molecule has 2 aliphatic carbocycles. The second-order valence-corrected chi connectivity index (χ2v) is 11.9. The van der Waals surface area contributed by atoms with E-state index in [-0.39, 0.29) is 42.8 Å². The first kappa shape index (κ1) is 43.7. The summed E-state index contributed by atoms with van der Waals surface area (Å²) in [5, 5.41) is 10.6. The van der Waals surface area contributed by atoms with E-state index in [2.05, 4.69) is 34.5 Å². The molecule has 0 saturated carbocycles. The predicted octanol–water partition coefficient (Wildman–Crippen LogP) is 5.19. The van der Waals surface area contributed by atoms with Gasteiger partial charge in [0, 0.05) is 43.9 Å². The number of nitrogens with two attached hydrogens (primary N) is 3. The number of hydrogen-bond donors (Lipinski definition) is 4. The number of para-hydroxylation sites is 4. The fourth-order valence-corrected chi connectivity index (χ4v) is 5.16. The zero-order chi connectivity index (χ0) is 39.0. The molecular weight excluding hydrogens is 684 g/mol. The molecule has 15 nitrogen and oxygen atoms in total. The van der Waals surface area contributed by atoms with Crippen LogP contribution in [-0.2, 0) is 14.4 Å². The summed E-state index contributed by atoms with van der Waals surface area (Å²) in [4.78, 5) is 50.6. The van der Waals surface area contributed by atoms with Crippen LogP contribution in [0.25, 0.3) is 0 Å². The minimum absolute atomic E-state index is 0.0285. The Morgan fingerprint density at radius 1 is 0.698 bits per heavy atom. The number of rotatable bonds is 6. The molecule has 1 aliphatic heterocycles. The van der Waals surface area contributed by atoms with Crippen molar-refractivity contribution in [3.05, 3.63) is 72.8 Å². The molecule has 15 heteroatoms. The van der Waals surface area contributed by atoms with Crippen molar-refractivity contribution in [1.82, 2.24) is 10.4 Å². The van der Waals surface area contributed by atoms with Gasteiger partial charge in [0.15, 0.2) is 23.0 Å². The molecule has 1 fully saturated rings. The molecule has 2 aromatic carbocycles. The van der Waals surface area contributed by atoms with Gasteiger partial charge in [-0.3, -0.25) is 14.4 Å². The van der Waals surface area contributed by atoms with Crippen LogP contribution in [0.3, 0.4) is 0 Å². The fourth-order valence-electron chi connectivity index (χ4n) is 5.16. The highest BCUT2D eigenvalue weighted by Gasteiger charge is 2.33. The highest BCUT2D eigenvalue weighted by molar-refractivity contribution is 6.01. The number of nitriles is 1. The highest BCUT2D eigenvalue weighted by atomic mass is 16.8. The highest BCUT2D eigenvalue weighted by Crippen LogP contribution is 2.27. The minimum Gasteiger partial charge on any atom is -0.493 e. The zero-order valence-corrected chi connectivity index (χ0v) is 30.6. The molecule has 4 atom stereocenters. The van der Waals surface area contributed by atoms with Gasteiger partial charge in [-0.15, -0.1) is 0 Å². The summed E-state index contributed by atoms with van der Waals surface area (Å²) in [5.74, 6) is 0.255. The maximum Gasteiger partial charge on any atom is 0.539 e. The fraction of sp³-hybridized carbons (Fsp3) is 0.447. The van der Waals surface area contributed by atoms with E-state index in [1.54, 1.807) is 42.5 Å². The van der Waals surface area contributed by atoms with Crippen LogP contribution in [0.1, 0.15) is 71.1 Å². The third-order valence-electron chi connectivity index (χ3n) is 8.05. The Morgan fingerprint density at radius 2 is 1.09 bits per heavy atom. The lowest BCUT2D eigenvalue weighted by Crippen LogP contribution is -2.48. The van der Waals surface area contributed by atoms with Gasteiger partial charge in [-0.1, -0.05) is 53.6 Å². The second-order valence-electron chi connectivity index (χ2n) is 11.9. The number of hydroxylamine groups is 2. The molecule has 1 saturated heterocycles. The quantitative estimate of drug-likeness (QED) is 0.130. The van der Waals surface area contributed by atoms with Gasteiger partial charge in [-0.25, -0.2) is 9.59 Å². The van der Waals surface area contributed by atoms with Crippen molar-refractivity contribution >= 4 is 24.1 Å². The number of carbonyl (C=O) groups is 4. The molecule has 5 rings (SSSR count). The summed E-state index contributed by atoms with van der Waals surface area (Å²) in [6.07, 6.45) is 14.9. The summed E-state index contributed by atoms with van der Waals surface area (Å²) in [6, 6.07) is 15.5. The van der Waals surface area contributed by atoms with Crippen LogP contribution in [0.4, 0.5) is 9.59 Å². The number of imide groups is 1. The van der Waals surface area contributed by atoms with Crippen molar-refractivity contribution in [3.63, 3.8) is 0 Å². The van der Waals surface area contributed by atoms with Gasteiger partial charge in [0.05, 0.1) is 20.3 Å². The lowest BCUT2D eigenvalue weighted by atomic mass is 9.96. The molecular formula is C38H52N6O9. The number of benzene rings is 2. The molecule has 1 heterocycles. The molecule has 0 radical (unpaired) electrons. The van der Waals surface area contributed by atoms with Gasteiger partial charge in [0.2, 0.25) is 0 Å². The third-order valence-corrected chi connectivity index (χ3v) is 8.05. The predicted molar refractivity (Wildman–Crippen MR) is 198 cm³/mol. The second kappa shape index (κ2) is 24.7. The standard InChI is InChI=1S/C16H22N2O3.C12H11NO6.C8H16N2.C2H3N/c1-20-14-10-6-7-11-15(14)21-16(19)18-13-9-5-3-2-4-8-12(13)17;1-17-8-4-2-3-5-9(8)18-12(16)19-13-10(14)6-7-11(13)15;9-7-5-3-1-2-4-6-8(7)10;1-2-3/h2-3,6-7,10-13H,4-5,8-9,17H2,1H3,(H,18,19);2-5H,6-7H2,1H3;1-2,7-8H,3-6,9-10H2;1H3/b3-2+;;2-1+;/t12-,13+;;7-,8+;/m0.../s1. The zero-order valence-electron chi connectivity index (χ0n) is 30.6. The number of ether oxygens (including phenoxy) is 4. The number of nitrogens with one attached hydrogen (secondary N) is 1. The Morgan fingerprint density at radius 3 is 1.55 bits per heavy atom. The van der Waals surface area contributed by atoms with Crippen molar-refractivity contribution < 1.29 is 43.0 Å². The van der Waals surface area contributed by atoms with E-state index < -0.39 is 24.1 Å². The van der Waals surface area contributed by atoms with Crippen molar-refractivity contribution in [3.8, 4) is 29.1 Å². The van der Waals surface area contributed by atoms with E-state index in [0.717, 1.165) is 51.4 Å². The van der Waals surface area contributed by atoms with Crippen molar-refractivity contribution in [2.75, 3.05) is 14.2 Å². The van der Waals surface area contributed by atoms with E-state index >= 15 is 0 Å². The number of methoxy groups -OCH3 is 2. The van der Waals surface area contributed by atoms with Crippen LogP contribution < -0.4 is 41.5 Å². The average Bonchev–Trinajstić information content (AvgIpc) is 3.45. The summed E-state index contributed by atoms with van der Waals surface area (Å²) < 4.78 is 20.3. The molecule has 0 aromatic heterocycles. The van der Waals surface area contributed by atoms with E-state index in [1.807, 2.05) is 6.07 Å². The maximum absolute atomic E-state index is 12.0. The third kappa shape index (κ3) is 16.2. The smallest absolute Gasteiger partial charge is 0.493 e. The van der Waals surface area contributed by atoms with Crippen LogP contribution in [-0.4, -0.2) is 67.5 Å². The minimum atomic E-state index is -1.17. The largest absolute Gasteiger partial charge is 0.539 e. The Kier molecular flexibility index (Phi) is 20.4. The molecule has 2 aromatic rings. The van der Waals surface area contributed by atoms with Gasteiger partial charge < -0.3 is 41.5 Å². The Balaban J connectivity index is 0.000000279. The Bertz CT molecular complexity index is 1530. The average molecular weight is 737 g/mol. The number of nitrogens with zero attached hydrogens (tertiary/aromatic N) is 2. The number of hydrogen-bond acceptors (Lipinski definition) is 13. The van der Waals surface area contributed by atoms with Crippen LogP contribution in [0, 0.1) is 11.3 Å². The van der Waals surface area contributed by atoms with E-state index in [0.29, 0.717) is 22.3 Å². The van der Waals surface area contributed by atoms with Crippen LogP contribution >= 0.6 is 0 Å². The van der Waals surface area contributed by atoms with E-state index in [4.69, 9.17) is 41.4 Å². The number of allylic oxidation sites excluding steroid dienone is 4. The SMILES string of the molecule is CC#N.COc1ccccc1OC(=O)N[C@@H]1CC/C=C/CC[C@@H]1N.COc1ccccc1OC(=O)ON1C(=O)CCC1=O.N[C@@H]1CC/C=C/CC[C@@H]1N. The normalized spacial score (nSPS) is 21.9. The van der Waals surface area contributed by atoms with Gasteiger partial charge in [0.1, 0.15) is 0 Å². The van der Waals surface area contributed by atoms with Crippen molar-refractivity contribution in [1.29, 1.82) is 5.26 Å². The van der Waals surface area contributed by atoms with Crippen LogP contribution in [0.2, 0.25) is 0 Å². The van der Waals surface area contributed by atoms with E-state index in [1.165, 1.54) is 27.2 Å². The molecule has 0 unspecified atom stereocenters. The topological polar surface area (TPSA) is 232 Å². The lowest BCUT2D eigenvalue weighted by Gasteiger charge is -2.25. The molecule has 0 bridgehead atoms. The maximum atomic E-state index is 12.0. The van der Waals surface area contributed by atoms with Gasteiger partial charge in [-0.05, 0) is 75.6 Å². The van der Waals surface area contributed by atoms with Gasteiger partial charge in [-0.2, -0.15) is 5.26 Å². The number of amides is 3. The summed E-state index contributed by atoms with van der Waals surface area (Å²) >= 11 is 0. The van der Waals surface area contributed by atoms with Crippen LogP contribution in [0.15, 0.2) is 72.8 Å². The Hall–Kier alpha value is -5.43. The first-order chi connectivity index (χ1) is 25.5. The summed E-state index contributed by atoms with van der Waals surface area (Å²) in [5.41, 5.74) is 17.7. The molecule has 53 heavy (non-hydrogen) atoms. The monoisotopic (exact) mass is 736 g/mol. The summed E-state index contributed by atoms with van der Waals surface area (Å²) in [7, 11) is 2.96. The molecule has 3 aliphatic rings. The summed E-state index contributed by atoms with van der Waals surface area (Å²) in [6.45, 7) is 1.43. The first-order valence-electron chi connectivity index (χ1n) is 17.4. The van der Waals surface area contributed by atoms with Crippen molar-refractivity contribution in [2.45, 2.75) is 95.3 Å². The van der Waals surface area contributed by atoms with Gasteiger partial charge >= 0.3 is 12.2 Å². The lowest BCUT2D eigenvalue weighted by molar-refractivity contribution is -0.174. The Labute approximate surface area is 310 Å². The van der Waals surface area contributed by atoms with E-state index in [9.17, 15) is 19.2 Å². The number of carbonyl (C=O) groups excluding carboxylic acids is 4. The first-order valence-corrected chi connectivity index (χ1v) is 17.4. The van der Waals surface area contributed by atoms with Crippen molar-refractivity contribution in [2.24, 2.45) is 17.2 Å². The molecule has 7 N–H and O–H groups in total. The molecule has 3 amide bonds. The van der Waals surface area contributed by atoms with Crippen LogP contribution in [0.5, 0.6) is 23.0 Å². The van der Waals surface area contributed by atoms with Gasteiger partial charge in [0.25, 0.3) is 11.8 Å².